The number of imidazole rings is 1. The molecule has 0 amide bonds. The molecule has 6 heteroatoms. The van der Waals surface area contributed by atoms with Crippen LogP contribution in [0.25, 0.3) is 0 Å². The molecule has 0 saturated heterocycles. The molecule has 1 aliphatic heterocycles. The van der Waals surface area contributed by atoms with Gasteiger partial charge in [0.2, 0.25) is 6.79 Å². The van der Waals surface area contributed by atoms with Crippen molar-refractivity contribution in [2.24, 2.45) is 7.05 Å². The maximum Gasteiger partial charge on any atom is 0.231 e. The van der Waals surface area contributed by atoms with Gasteiger partial charge in [0, 0.05) is 32.1 Å². The van der Waals surface area contributed by atoms with Gasteiger partial charge in [-0.2, -0.15) is 0 Å². The van der Waals surface area contributed by atoms with Crippen molar-refractivity contribution < 1.29 is 14.2 Å². The van der Waals surface area contributed by atoms with Gasteiger partial charge in [0.05, 0.1) is 6.04 Å². The molecule has 1 aliphatic rings. The van der Waals surface area contributed by atoms with Crippen molar-refractivity contribution in [2.45, 2.75) is 13.0 Å². The molecular formula is C15H19N3O3. The van der Waals surface area contributed by atoms with Crippen LogP contribution >= 0.6 is 0 Å². The summed E-state index contributed by atoms with van der Waals surface area (Å²) in [7, 11) is 1.99. The molecule has 0 radical (unpaired) electrons. The standard InChI is InChI=1S/C15H19N3O3/c1-11(15-17-5-7-18(15)2)16-6-8-19-12-3-4-13-14(9-12)21-10-20-13/h3-5,7,9,11,16H,6,8,10H2,1-2H3/t11-/m1/s1. The minimum atomic E-state index is 0.186. The Morgan fingerprint density at radius 1 is 1.38 bits per heavy atom. The first kappa shape index (κ1) is 13.8. The Hall–Kier alpha value is -2.21. The number of benzene rings is 1. The Labute approximate surface area is 123 Å². The van der Waals surface area contributed by atoms with Gasteiger partial charge in [-0.1, -0.05) is 0 Å². The lowest BCUT2D eigenvalue weighted by Gasteiger charge is -2.14. The third-order valence-electron chi connectivity index (χ3n) is 3.41. The average molecular weight is 289 g/mol. The minimum absolute atomic E-state index is 0.186. The fraction of sp³-hybridized carbons (Fsp3) is 0.400. The molecule has 3 rings (SSSR count). The van der Waals surface area contributed by atoms with Crippen molar-refractivity contribution in [1.82, 2.24) is 14.9 Å². The van der Waals surface area contributed by atoms with Crippen molar-refractivity contribution in [2.75, 3.05) is 19.9 Å². The van der Waals surface area contributed by atoms with E-state index in [4.69, 9.17) is 14.2 Å². The van der Waals surface area contributed by atoms with Crippen LogP contribution in [-0.2, 0) is 7.05 Å². The van der Waals surface area contributed by atoms with Crippen molar-refractivity contribution in [3.05, 3.63) is 36.4 Å². The van der Waals surface area contributed by atoms with Crippen LogP contribution in [0.2, 0.25) is 0 Å². The Kier molecular flexibility index (Phi) is 3.96. The molecule has 0 unspecified atom stereocenters. The van der Waals surface area contributed by atoms with Crippen LogP contribution in [0.1, 0.15) is 18.8 Å². The molecule has 0 aliphatic carbocycles. The number of fused-ring (bicyclic) bond motifs is 1. The molecule has 0 fully saturated rings. The smallest absolute Gasteiger partial charge is 0.231 e. The summed E-state index contributed by atoms with van der Waals surface area (Å²) < 4.78 is 18.3. The van der Waals surface area contributed by atoms with Crippen molar-refractivity contribution in [1.29, 1.82) is 0 Å². The van der Waals surface area contributed by atoms with Crippen LogP contribution in [0, 0.1) is 0 Å². The molecule has 1 aromatic heterocycles. The number of ether oxygens (including phenoxy) is 3. The first-order valence-corrected chi connectivity index (χ1v) is 6.97. The number of aryl methyl sites for hydroxylation is 1. The predicted molar refractivity (Wildman–Crippen MR) is 77.7 cm³/mol. The third kappa shape index (κ3) is 3.11. The van der Waals surface area contributed by atoms with E-state index in [1.807, 2.05) is 36.0 Å². The molecule has 6 nitrogen and oxygen atoms in total. The summed E-state index contributed by atoms with van der Waals surface area (Å²) in [6.45, 7) is 3.68. The fourth-order valence-corrected chi connectivity index (χ4v) is 2.30. The summed E-state index contributed by atoms with van der Waals surface area (Å²) in [6, 6.07) is 5.78. The maximum absolute atomic E-state index is 5.70. The van der Waals surface area contributed by atoms with Crippen LogP contribution in [-0.4, -0.2) is 29.5 Å². The van der Waals surface area contributed by atoms with E-state index in [-0.39, 0.29) is 12.8 Å². The van der Waals surface area contributed by atoms with E-state index >= 15 is 0 Å². The van der Waals surface area contributed by atoms with E-state index in [0.717, 1.165) is 29.6 Å². The highest BCUT2D eigenvalue weighted by Gasteiger charge is 2.14. The van der Waals surface area contributed by atoms with Gasteiger partial charge >= 0.3 is 0 Å². The minimum Gasteiger partial charge on any atom is -0.492 e. The molecule has 0 spiro atoms. The number of hydrogen-bond acceptors (Lipinski definition) is 5. The molecule has 112 valence electrons. The molecule has 21 heavy (non-hydrogen) atoms. The van der Waals surface area contributed by atoms with E-state index in [1.54, 1.807) is 6.20 Å². The molecular weight excluding hydrogens is 270 g/mol. The van der Waals surface area contributed by atoms with Crippen molar-refractivity contribution >= 4 is 0 Å². The first-order valence-electron chi connectivity index (χ1n) is 6.97. The molecule has 0 saturated carbocycles. The van der Waals surface area contributed by atoms with Gasteiger partial charge in [-0.15, -0.1) is 0 Å². The second-order valence-electron chi connectivity index (χ2n) is 4.94. The highest BCUT2D eigenvalue weighted by Crippen LogP contribution is 2.34. The van der Waals surface area contributed by atoms with E-state index in [0.29, 0.717) is 6.61 Å². The summed E-state index contributed by atoms with van der Waals surface area (Å²) in [4.78, 5) is 4.32. The Balaban J connectivity index is 1.45. The monoisotopic (exact) mass is 289 g/mol. The van der Waals surface area contributed by atoms with Gasteiger partial charge in [-0.05, 0) is 19.1 Å². The third-order valence-corrected chi connectivity index (χ3v) is 3.41. The van der Waals surface area contributed by atoms with Gasteiger partial charge in [-0.25, -0.2) is 4.98 Å². The summed E-state index contributed by atoms with van der Waals surface area (Å²) in [5.41, 5.74) is 0. The van der Waals surface area contributed by atoms with E-state index in [9.17, 15) is 0 Å². The summed E-state index contributed by atoms with van der Waals surface area (Å²) >= 11 is 0. The highest BCUT2D eigenvalue weighted by molar-refractivity contribution is 5.46. The topological polar surface area (TPSA) is 57.5 Å². The number of hydrogen-bond donors (Lipinski definition) is 1. The number of aromatic nitrogens is 2. The fourth-order valence-electron chi connectivity index (χ4n) is 2.30. The zero-order valence-corrected chi connectivity index (χ0v) is 12.2. The molecule has 2 heterocycles. The summed E-state index contributed by atoms with van der Waals surface area (Å²) in [6.07, 6.45) is 3.74. The van der Waals surface area contributed by atoms with E-state index in [1.165, 1.54) is 0 Å². The molecule has 1 aromatic carbocycles. The van der Waals surface area contributed by atoms with Crippen LogP contribution in [0.3, 0.4) is 0 Å². The normalized spacial score (nSPS) is 14.2. The van der Waals surface area contributed by atoms with Crippen molar-refractivity contribution in [3.8, 4) is 17.2 Å². The zero-order chi connectivity index (χ0) is 14.7. The van der Waals surface area contributed by atoms with Crippen LogP contribution in [0.15, 0.2) is 30.6 Å². The Morgan fingerprint density at radius 2 is 2.24 bits per heavy atom. The molecule has 1 atom stereocenters. The largest absolute Gasteiger partial charge is 0.492 e. The van der Waals surface area contributed by atoms with Gasteiger partial charge in [0.15, 0.2) is 11.5 Å². The van der Waals surface area contributed by atoms with Crippen molar-refractivity contribution in [3.63, 3.8) is 0 Å². The summed E-state index contributed by atoms with van der Waals surface area (Å²) in [5.74, 6) is 3.30. The quantitative estimate of drug-likeness (QED) is 0.823. The lowest BCUT2D eigenvalue weighted by molar-refractivity contribution is 0.173. The SMILES string of the molecule is C[C@@H](NCCOc1ccc2c(c1)OCO2)c1nccn1C. The second-order valence-corrected chi connectivity index (χ2v) is 4.94. The number of rotatable bonds is 6. The van der Waals surface area contributed by atoms with E-state index in [2.05, 4.69) is 17.2 Å². The predicted octanol–water partition coefficient (Wildman–Crippen LogP) is 1.88. The maximum atomic E-state index is 5.70. The van der Waals surface area contributed by atoms with Gasteiger partial charge in [0.25, 0.3) is 0 Å². The molecule has 2 aromatic rings. The Morgan fingerprint density at radius 3 is 3.05 bits per heavy atom. The van der Waals surface area contributed by atoms with Crippen LogP contribution < -0.4 is 19.5 Å². The number of nitrogens with zero attached hydrogens (tertiary/aromatic N) is 2. The lowest BCUT2D eigenvalue weighted by Crippen LogP contribution is -2.26. The van der Waals surface area contributed by atoms with Gasteiger partial charge < -0.3 is 24.1 Å². The van der Waals surface area contributed by atoms with Crippen LogP contribution in [0.5, 0.6) is 17.2 Å². The number of nitrogens with one attached hydrogen (secondary N) is 1. The first-order chi connectivity index (χ1) is 10.2. The average Bonchev–Trinajstić information content (AvgIpc) is 3.11. The van der Waals surface area contributed by atoms with Crippen LogP contribution in [0.4, 0.5) is 0 Å². The Bertz CT molecular complexity index is 612. The molecule has 0 bridgehead atoms. The zero-order valence-electron chi connectivity index (χ0n) is 12.2. The highest BCUT2D eigenvalue weighted by atomic mass is 16.7. The van der Waals surface area contributed by atoms with Gasteiger partial charge in [-0.3, -0.25) is 0 Å². The second kappa shape index (κ2) is 6.05. The van der Waals surface area contributed by atoms with E-state index < -0.39 is 0 Å². The van der Waals surface area contributed by atoms with Gasteiger partial charge in [0.1, 0.15) is 18.2 Å². The lowest BCUT2D eigenvalue weighted by atomic mass is 10.3. The summed E-state index contributed by atoms with van der Waals surface area (Å²) in [5, 5.41) is 3.38. The molecule has 1 N–H and O–H groups in total.